The van der Waals surface area contributed by atoms with Gasteiger partial charge in [-0.1, -0.05) is 6.07 Å². The van der Waals surface area contributed by atoms with Gasteiger partial charge in [-0.05, 0) is 55.3 Å². The molecule has 6 nitrogen and oxygen atoms in total. The average molecular weight is 355 g/mol. The molecule has 3 rings (SSSR count). The van der Waals surface area contributed by atoms with Crippen molar-refractivity contribution < 1.29 is 18.8 Å². The smallest absolute Gasteiger partial charge is 0.314 e. The molecule has 1 heterocycles. The summed E-state index contributed by atoms with van der Waals surface area (Å²) >= 11 is 0. The number of nitrogens with one attached hydrogen (secondary N) is 2. The molecule has 1 fully saturated rings. The van der Waals surface area contributed by atoms with Crippen LogP contribution >= 0.6 is 0 Å². The number of benzene rings is 2. The highest BCUT2D eigenvalue weighted by Gasteiger charge is 2.20. The Balaban J connectivity index is 1.65. The zero-order valence-electron chi connectivity index (χ0n) is 14.0. The summed E-state index contributed by atoms with van der Waals surface area (Å²) in [7, 11) is 0. The largest absolute Gasteiger partial charge is 0.318 e. The first-order valence-electron chi connectivity index (χ1n) is 8.31. The molecule has 0 unspecified atom stereocenters. The van der Waals surface area contributed by atoms with Gasteiger partial charge in [0.25, 0.3) is 0 Å². The highest BCUT2D eigenvalue weighted by Crippen LogP contribution is 2.23. The molecule has 0 saturated carbocycles. The van der Waals surface area contributed by atoms with Gasteiger partial charge >= 0.3 is 11.8 Å². The van der Waals surface area contributed by atoms with Crippen LogP contribution in [0.3, 0.4) is 0 Å². The monoisotopic (exact) mass is 355 g/mol. The average Bonchev–Trinajstić information content (AvgIpc) is 2.64. The van der Waals surface area contributed by atoms with Crippen molar-refractivity contribution in [2.45, 2.75) is 19.3 Å². The summed E-state index contributed by atoms with van der Waals surface area (Å²) in [6, 6.07) is 11.9. The molecule has 7 heteroatoms. The fraction of sp³-hybridized carbons (Fsp3) is 0.211. The number of carbonyl (C=O) groups excluding carboxylic acids is 3. The van der Waals surface area contributed by atoms with Gasteiger partial charge in [0.15, 0.2) is 0 Å². The van der Waals surface area contributed by atoms with E-state index < -0.39 is 17.6 Å². The van der Waals surface area contributed by atoms with Crippen LogP contribution in [-0.4, -0.2) is 24.3 Å². The first kappa shape index (κ1) is 17.6. The lowest BCUT2D eigenvalue weighted by Crippen LogP contribution is -2.35. The third-order valence-corrected chi connectivity index (χ3v) is 4.05. The zero-order chi connectivity index (χ0) is 18.5. The van der Waals surface area contributed by atoms with Gasteiger partial charge in [-0.3, -0.25) is 14.4 Å². The minimum absolute atomic E-state index is 0.0498. The third kappa shape index (κ3) is 4.24. The number of halogens is 1. The number of hydrogen-bond acceptors (Lipinski definition) is 3. The molecule has 2 N–H and O–H groups in total. The molecule has 0 bridgehead atoms. The predicted octanol–water partition coefficient (Wildman–Crippen LogP) is 2.92. The Hall–Kier alpha value is -3.22. The van der Waals surface area contributed by atoms with Gasteiger partial charge in [0.05, 0.1) is 0 Å². The van der Waals surface area contributed by atoms with Gasteiger partial charge in [0.2, 0.25) is 5.91 Å². The highest BCUT2D eigenvalue weighted by atomic mass is 19.1. The van der Waals surface area contributed by atoms with E-state index in [-0.39, 0.29) is 5.91 Å². The first-order chi connectivity index (χ1) is 12.5. The molecule has 3 amide bonds. The number of carbonyl (C=O) groups is 3. The summed E-state index contributed by atoms with van der Waals surface area (Å²) in [4.78, 5) is 37.7. The lowest BCUT2D eigenvalue weighted by molar-refractivity contribution is -0.132. The Morgan fingerprint density at radius 3 is 2.31 bits per heavy atom. The lowest BCUT2D eigenvalue weighted by Gasteiger charge is -2.27. The van der Waals surface area contributed by atoms with E-state index >= 15 is 0 Å². The molecule has 1 aliphatic heterocycles. The normalized spacial score (nSPS) is 14.0. The summed E-state index contributed by atoms with van der Waals surface area (Å²) in [5, 5.41) is 4.90. The van der Waals surface area contributed by atoms with Gasteiger partial charge in [-0.2, -0.15) is 0 Å². The molecule has 134 valence electrons. The Labute approximate surface area is 150 Å². The number of rotatable bonds is 3. The van der Waals surface area contributed by atoms with Crippen LogP contribution in [0, 0.1) is 5.82 Å². The van der Waals surface area contributed by atoms with E-state index in [1.54, 1.807) is 29.2 Å². The van der Waals surface area contributed by atoms with Crippen molar-refractivity contribution in [2.24, 2.45) is 0 Å². The van der Waals surface area contributed by atoms with E-state index in [4.69, 9.17) is 0 Å². The second kappa shape index (κ2) is 7.77. The summed E-state index contributed by atoms with van der Waals surface area (Å²) in [6.45, 7) is 0.640. The molecule has 2 aromatic carbocycles. The van der Waals surface area contributed by atoms with Gasteiger partial charge < -0.3 is 15.5 Å². The fourth-order valence-corrected chi connectivity index (χ4v) is 2.74. The molecule has 0 spiro atoms. The van der Waals surface area contributed by atoms with E-state index in [0.29, 0.717) is 30.0 Å². The lowest BCUT2D eigenvalue weighted by atomic mass is 10.1. The predicted molar refractivity (Wildman–Crippen MR) is 96.3 cm³/mol. The van der Waals surface area contributed by atoms with Crippen molar-refractivity contribution in [3.8, 4) is 0 Å². The Morgan fingerprint density at radius 1 is 0.923 bits per heavy atom. The maximum Gasteiger partial charge on any atom is 0.314 e. The van der Waals surface area contributed by atoms with Gasteiger partial charge in [0, 0.05) is 30.0 Å². The Bertz CT molecular complexity index is 836. The number of amides is 3. The molecular weight excluding hydrogens is 337 g/mol. The highest BCUT2D eigenvalue weighted by molar-refractivity contribution is 6.43. The Morgan fingerprint density at radius 2 is 1.62 bits per heavy atom. The van der Waals surface area contributed by atoms with Crippen LogP contribution < -0.4 is 15.5 Å². The van der Waals surface area contributed by atoms with Crippen molar-refractivity contribution >= 4 is 34.8 Å². The van der Waals surface area contributed by atoms with Gasteiger partial charge in [-0.25, -0.2) is 4.39 Å². The van der Waals surface area contributed by atoms with E-state index in [2.05, 4.69) is 10.6 Å². The van der Waals surface area contributed by atoms with Crippen LogP contribution in [0.5, 0.6) is 0 Å². The molecule has 0 radical (unpaired) electrons. The summed E-state index contributed by atoms with van der Waals surface area (Å²) in [5.41, 5.74) is 1.42. The van der Waals surface area contributed by atoms with E-state index in [9.17, 15) is 18.8 Å². The SMILES string of the molecule is O=C(Nc1ccc(F)cc1)C(=O)Nc1cccc(N2CCCCC2=O)c1. The van der Waals surface area contributed by atoms with Crippen molar-refractivity contribution in [3.63, 3.8) is 0 Å². The number of hydrogen-bond donors (Lipinski definition) is 2. The Kier molecular flexibility index (Phi) is 5.26. The fourth-order valence-electron chi connectivity index (χ4n) is 2.74. The molecule has 0 aromatic heterocycles. The summed E-state index contributed by atoms with van der Waals surface area (Å²) < 4.78 is 12.9. The molecule has 26 heavy (non-hydrogen) atoms. The third-order valence-electron chi connectivity index (χ3n) is 4.05. The van der Waals surface area contributed by atoms with Crippen LogP contribution in [0.1, 0.15) is 19.3 Å². The molecule has 2 aromatic rings. The summed E-state index contributed by atoms with van der Waals surface area (Å²) in [6.07, 6.45) is 2.33. The maximum atomic E-state index is 12.9. The van der Waals surface area contributed by atoms with E-state index in [1.165, 1.54) is 24.3 Å². The van der Waals surface area contributed by atoms with Crippen molar-refractivity contribution in [1.29, 1.82) is 0 Å². The van der Waals surface area contributed by atoms with Crippen molar-refractivity contribution in [1.82, 2.24) is 0 Å². The molecule has 0 atom stereocenters. The second-order valence-corrected chi connectivity index (χ2v) is 5.97. The zero-order valence-corrected chi connectivity index (χ0v) is 14.0. The van der Waals surface area contributed by atoms with E-state index in [0.717, 1.165) is 12.8 Å². The summed E-state index contributed by atoms with van der Waals surface area (Å²) in [5.74, 6) is -2.10. The van der Waals surface area contributed by atoms with E-state index in [1.807, 2.05) is 0 Å². The quantitative estimate of drug-likeness (QED) is 0.831. The molecule has 1 aliphatic rings. The van der Waals surface area contributed by atoms with Crippen molar-refractivity contribution in [3.05, 3.63) is 54.3 Å². The first-order valence-corrected chi connectivity index (χ1v) is 8.31. The van der Waals surface area contributed by atoms with Gasteiger partial charge in [-0.15, -0.1) is 0 Å². The molecule has 0 aliphatic carbocycles. The molecular formula is C19H18FN3O3. The van der Waals surface area contributed by atoms with Crippen LogP contribution in [0.4, 0.5) is 21.5 Å². The maximum absolute atomic E-state index is 12.9. The minimum Gasteiger partial charge on any atom is -0.318 e. The second-order valence-electron chi connectivity index (χ2n) is 5.97. The molecule has 1 saturated heterocycles. The van der Waals surface area contributed by atoms with Crippen LogP contribution in [0.2, 0.25) is 0 Å². The van der Waals surface area contributed by atoms with Crippen molar-refractivity contribution in [2.75, 3.05) is 22.1 Å². The van der Waals surface area contributed by atoms with Crippen LogP contribution in [-0.2, 0) is 14.4 Å². The standard InChI is InChI=1S/C19H18FN3O3/c20-13-7-9-14(10-8-13)21-18(25)19(26)22-15-4-3-5-16(12-15)23-11-2-1-6-17(23)24/h3-5,7-10,12H,1-2,6,11H2,(H,21,25)(H,22,26). The minimum atomic E-state index is -0.865. The van der Waals surface area contributed by atoms with Gasteiger partial charge in [0.1, 0.15) is 5.82 Å². The number of anilines is 3. The number of piperidine rings is 1. The van der Waals surface area contributed by atoms with Crippen LogP contribution in [0.25, 0.3) is 0 Å². The topological polar surface area (TPSA) is 78.5 Å². The number of nitrogens with zero attached hydrogens (tertiary/aromatic N) is 1. The van der Waals surface area contributed by atoms with Crippen LogP contribution in [0.15, 0.2) is 48.5 Å².